The van der Waals surface area contributed by atoms with Crippen LogP contribution in [0.5, 0.6) is 0 Å². The Morgan fingerprint density at radius 2 is 1.00 bits per heavy atom. The molecule has 0 saturated carbocycles. The van der Waals surface area contributed by atoms with E-state index in [1.54, 1.807) is 0 Å². The van der Waals surface area contributed by atoms with Crippen molar-refractivity contribution in [3.8, 4) is 0 Å². The van der Waals surface area contributed by atoms with E-state index in [2.05, 4.69) is 15.9 Å². The molecule has 0 rings (SSSR count). The van der Waals surface area contributed by atoms with Gasteiger partial charge < -0.3 is 0 Å². The second kappa shape index (κ2) is 1.96. The Labute approximate surface area is 33.8 Å². The van der Waals surface area contributed by atoms with Gasteiger partial charge in [-0.05, 0) is 0 Å². The monoisotopic (exact) mass is 143 g/mol. The molecule has 0 spiro atoms. The normalized spacial score (nSPS) is 9.00. The van der Waals surface area contributed by atoms with Crippen LogP contribution in [0.3, 0.4) is 0 Å². The van der Waals surface area contributed by atoms with E-state index >= 15 is 0 Å². The third kappa shape index (κ3) is 16.2. The van der Waals surface area contributed by atoms with Crippen molar-refractivity contribution in [3.63, 3.8) is 0 Å². The first-order valence-corrected chi connectivity index (χ1v) is 7.25. The van der Waals surface area contributed by atoms with Crippen molar-refractivity contribution in [2.24, 2.45) is 0 Å². The molecule has 0 aromatic carbocycles. The Morgan fingerprint density at radius 1 is 1.00 bits per heavy atom. The van der Waals surface area contributed by atoms with Gasteiger partial charge in [0.05, 0.1) is 0 Å². The fraction of sp³-hybridized carbons (Fsp3) is 1.00. The van der Waals surface area contributed by atoms with E-state index in [9.17, 15) is 0 Å². The summed E-state index contributed by atoms with van der Waals surface area (Å²) in [5, 5.41) is 7.01. The van der Waals surface area contributed by atoms with Crippen molar-refractivity contribution < 1.29 is 17.3 Å². The van der Waals surface area contributed by atoms with E-state index < -0.39 is 0 Å². The molecule has 1 heteroatoms. The second-order valence-electron chi connectivity index (χ2n) is 1.22. The minimum atomic E-state index is -0.357. The Hall–Kier alpha value is 0.688. The summed E-state index contributed by atoms with van der Waals surface area (Å²) >= 11 is -0.357. The van der Waals surface area contributed by atoms with E-state index in [1.165, 1.54) is 0 Å². The van der Waals surface area contributed by atoms with Crippen LogP contribution in [0.1, 0.15) is 0 Å². The van der Waals surface area contributed by atoms with Gasteiger partial charge >= 0.3 is 33.3 Å². The van der Waals surface area contributed by atoms with Crippen LogP contribution in [0.15, 0.2) is 0 Å². The van der Waals surface area contributed by atoms with Crippen LogP contribution in [0.25, 0.3) is 0 Å². The molecule has 0 aromatic rings. The molecule has 0 aliphatic carbocycles. The molecular formula is C3H9Mo. The molecule has 0 aliphatic heterocycles. The molecular weight excluding hydrogens is 132 g/mol. The van der Waals surface area contributed by atoms with Gasteiger partial charge in [-0.2, -0.15) is 0 Å². The van der Waals surface area contributed by atoms with Crippen molar-refractivity contribution >= 4 is 0 Å². The summed E-state index contributed by atoms with van der Waals surface area (Å²) in [5.41, 5.74) is 0. The predicted octanol–water partition coefficient (Wildman–Crippen LogP) is 1.75. The van der Waals surface area contributed by atoms with Crippen molar-refractivity contribution in [2.45, 2.75) is 15.9 Å². The van der Waals surface area contributed by atoms with E-state index in [-0.39, 0.29) is 17.3 Å². The number of rotatable bonds is 0. The fourth-order valence-corrected chi connectivity index (χ4v) is 0. The number of hydrogen-bond acceptors (Lipinski definition) is 0. The zero-order valence-electron chi connectivity index (χ0n) is 3.41. The van der Waals surface area contributed by atoms with Gasteiger partial charge in [-0.1, -0.05) is 0 Å². The molecule has 0 atom stereocenters. The zero-order chi connectivity index (χ0) is 3.58. The molecule has 0 nitrogen and oxygen atoms in total. The van der Waals surface area contributed by atoms with Crippen molar-refractivity contribution in [2.75, 3.05) is 0 Å². The van der Waals surface area contributed by atoms with Gasteiger partial charge in [-0.25, -0.2) is 0 Å². The van der Waals surface area contributed by atoms with E-state index in [4.69, 9.17) is 0 Å². The van der Waals surface area contributed by atoms with Crippen LogP contribution >= 0.6 is 0 Å². The van der Waals surface area contributed by atoms with E-state index in [1.807, 2.05) is 0 Å². The van der Waals surface area contributed by atoms with Gasteiger partial charge in [0, 0.05) is 0 Å². The molecule has 0 aromatic heterocycles. The first-order valence-electron chi connectivity index (χ1n) is 1.22. The molecule has 0 amide bonds. The third-order valence-electron chi connectivity index (χ3n) is 0. The molecule has 0 saturated heterocycles. The maximum absolute atomic E-state index is 2.34. The van der Waals surface area contributed by atoms with E-state index in [0.717, 1.165) is 0 Å². The van der Waals surface area contributed by atoms with Crippen LogP contribution in [-0.2, 0) is 17.3 Å². The van der Waals surface area contributed by atoms with Crippen LogP contribution in [0.2, 0.25) is 15.9 Å². The molecule has 0 bridgehead atoms. The summed E-state index contributed by atoms with van der Waals surface area (Å²) < 4.78 is 0. The molecule has 0 unspecified atom stereocenters. The summed E-state index contributed by atoms with van der Waals surface area (Å²) in [4.78, 5) is 0. The summed E-state index contributed by atoms with van der Waals surface area (Å²) in [6.45, 7) is 0. The first kappa shape index (κ1) is 4.69. The summed E-state index contributed by atoms with van der Waals surface area (Å²) in [7, 11) is 0. The van der Waals surface area contributed by atoms with Crippen LogP contribution in [-0.4, -0.2) is 0 Å². The van der Waals surface area contributed by atoms with Crippen molar-refractivity contribution in [1.82, 2.24) is 0 Å². The molecule has 0 aliphatic rings. The summed E-state index contributed by atoms with van der Waals surface area (Å²) in [6.07, 6.45) is 0. The van der Waals surface area contributed by atoms with Gasteiger partial charge in [-0.3, -0.25) is 0 Å². The Morgan fingerprint density at radius 3 is 1.00 bits per heavy atom. The van der Waals surface area contributed by atoms with Crippen LogP contribution in [0, 0.1) is 0 Å². The van der Waals surface area contributed by atoms with Gasteiger partial charge in [0.25, 0.3) is 0 Å². The molecule has 0 heterocycles. The van der Waals surface area contributed by atoms with Crippen LogP contribution in [0.4, 0.5) is 0 Å². The topological polar surface area (TPSA) is 0 Å². The van der Waals surface area contributed by atoms with Gasteiger partial charge in [0.1, 0.15) is 0 Å². The average Bonchev–Trinajstić information content (AvgIpc) is 0.811. The molecule has 0 N–H and O–H groups in total. The Balaban J connectivity index is 2.32. The fourth-order valence-electron chi connectivity index (χ4n) is 0. The molecule has 27 valence electrons. The maximum atomic E-state index is 2.34. The predicted molar refractivity (Wildman–Crippen MR) is 17.6 cm³/mol. The van der Waals surface area contributed by atoms with Crippen molar-refractivity contribution in [3.05, 3.63) is 0 Å². The quantitative estimate of drug-likeness (QED) is 0.451. The first-order chi connectivity index (χ1) is 1.73. The summed E-state index contributed by atoms with van der Waals surface area (Å²) in [6, 6.07) is 0. The van der Waals surface area contributed by atoms with Gasteiger partial charge in [-0.15, -0.1) is 0 Å². The van der Waals surface area contributed by atoms with Gasteiger partial charge in [0.15, 0.2) is 0 Å². The van der Waals surface area contributed by atoms with Crippen LogP contribution < -0.4 is 0 Å². The summed E-state index contributed by atoms with van der Waals surface area (Å²) in [5.74, 6) is 0. The Bertz CT molecular complexity index is 8.00. The van der Waals surface area contributed by atoms with Gasteiger partial charge in [0.2, 0.25) is 0 Å². The molecule has 4 heavy (non-hydrogen) atoms. The second-order valence-corrected chi connectivity index (χ2v) is 7.25. The minimum absolute atomic E-state index is 0.357. The van der Waals surface area contributed by atoms with E-state index in [0.29, 0.717) is 0 Å². The average molecular weight is 141 g/mol. The Kier molecular flexibility index (Phi) is 2.30. The third-order valence-corrected chi connectivity index (χ3v) is 0. The molecule has 0 fully saturated rings. The SMILES string of the molecule is [CH3][Mo]([CH3])[CH3]. The number of hydrogen-bond donors (Lipinski definition) is 0. The van der Waals surface area contributed by atoms with Crippen molar-refractivity contribution in [1.29, 1.82) is 0 Å². The standard InChI is InChI=1S/3CH3.Mo/h3*1H3;. The zero-order valence-corrected chi connectivity index (χ0v) is 5.42. The molecule has 0 radical (unpaired) electrons.